The maximum absolute atomic E-state index is 11.3. The highest BCUT2D eigenvalue weighted by Crippen LogP contribution is 2.10. The van der Waals surface area contributed by atoms with Crippen molar-refractivity contribution in [3.05, 3.63) is 29.8 Å². The molecule has 0 spiro atoms. The Morgan fingerprint density at radius 1 is 1.38 bits per heavy atom. The van der Waals surface area contributed by atoms with E-state index in [0.717, 1.165) is 11.3 Å². The minimum Gasteiger partial charge on any atom is -0.393 e. The summed E-state index contributed by atoms with van der Waals surface area (Å²) in [5.74, 6) is 0. The highest BCUT2D eigenvalue weighted by molar-refractivity contribution is 7.80. The fourth-order valence-electron chi connectivity index (χ4n) is 1.14. The number of carbonyl (C=O) groups excluding carboxylic acids is 1. The summed E-state index contributed by atoms with van der Waals surface area (Å²) in [5, 5.41) is 2.74. The van der Waals surface area contributed by atoms with Crippen molar-refractivity contribution in [3.8, 4) is 0 Å². The molecule has 5 heteroatoms. The van der Waals surface area contributed by atoms with Crippen molar-refractivity contribution in [2.45, 2.75) is 6.42 Å². The average Bonchev–Trinajstić information content (AvgIpc) is 2.20. The Morgan fingerprint density at radius 3 is 2.38 bits per heavy atom. The number of hydrogen-bond donors (Lipinski definition) is 2. The van der Waals surface area contributed by atoms with Crippen LogP contribution in [0.5, 0.6) is 0 Å². The predicted molar refractivity (Wildman–Crippen MR) is 69.6 cm³/mol. The van der Waals surface area contributed by atoms with Gasteiger partial charge in [0.25, 0.3) is 0 Å². The van der Waals surface area contributed by atoms with E-state index in [1.807, 2.05) is 24.3 Å². The number of benzene rings is 1. The fraction of sp³-hybridized carbons (Fsp3) is 0.273. The molecule has 0 saturated carbocycles. The topological polar surface area (TPSA) is 58.4 Å². The first-order chi connectivity index (χ1) is 7.49. The number of nitrogens with two attached hydrogens (primary N) is 1. The lowest BCUT2D eigenvalue weighted by Crippen LogP contribution is -2.27. The van der Waals surface area contributed by atoms with Crippen LogP contribution in [0.3, 0.4) is 0 Å². The van der Waals surface area contributed by atoms with Crippen LogP contribution in [-0.2, 0) is 6.42 Å². The molecule has 4 nitrogen and oxygen atoms in total. The van der Waals surface area contributed by atoms with Crippen LogP contribution in [0.25, 0.3) is 0 Å². The van der Waals surface area contributed by atoms with E-state index in [-0.39, 0.29) is 6.03 Å². The average molecular weight is 237 g/mol. The lowest BCUT2D eigenvalue weighted by atomic mass is 10.1. The van der Waals surface area contributed by atoms with E-state index in [1.165, 1.54) is 4.90 Å². The minimum atomic E-state index is -0.151. The molecule has 0 bridgehead atoms. The van der Waals surface area contributed by atoms with Crippen LogP contribution in [0, 0.1) is 0 Å². The van der Waals surface area contributed by atoms with Crippen LogP contribution in [-0.4, -0.2) is 30.0 Å². The Labute approximate surface area is 100 Å². The van der Waals surface area contributed by atoms with Crippen molar-refractivity contribution >= 4 is 28.9 Å². The molecule has 0 aliphatic carbocycles. The summed E-state index contributed by atoms with van der Waals surface area (Å²) >= 11 is 4.82. The Balaban J connectivity index is 2.64. The minimum absolute atomic E-state index is 0.151. The third kappa shape index (κ3) is 3.86. The van der Waals surface area contributed by atoms with Crippen LogP contribution < -0.4 is 11.1 Å². The van der Waals surface area contributed by atoms with Gasteiger partial charge in [0, 0.05) is 26.2 Å². The van der Waals surface area contributed by atoms with Crippen molar-refractivity contribution in [1.29, 1.82) is 0 Å². The lowest BCUT2D eigenvalue weighted by Gasteiger charge is -2.12. The molecule has 86 valence electrons. The summed E-state index contributed by atoms with van der Waals surface area (Å²) in [6.45, 7) is 0. The van der Waals surface area contributed by atoms with Gasteiger partial charge in [0.05, 0.1) is 4.99 Å². The molecule has 0 radical (unpaired) electrons. The number of carbonyl (C=O) groups is 1. The number of amides is 2. The first-order valence-corrected chi connectivity index (χ1v) is 5.25. The van der Waals surface area contributed by atoms with E-state index in [1.54, 1.807) is 14.1 Å². The second kappa shape index (κ2) is 5.46. The van der Waals surface area contributed by atoms with Crippen LogP contribution in [0.4, 0.5) is 10.5 Å². The normalized spacial score (nSPS) is 9.62. The molecule has 0 aliphatic rings. The molecule has 16 heavy (non-hydrogen) atoms. The molecule has 0 aliphatic heterocycles. The van der Waals surface area contributed by atoms with Gasteiger partial charge < -0.3 is 16.0 Å². The Kier molecular flexibility index (Phi) is 4.25. The van der Waals surface area contributed by atoms with Crippen LogP contribution >= 0.6 is 12.2 Å². The zero-order valence-corrected chi connectivity index (χ0v) is 10.2. The zero-order chi connectivity index (χ0) is 12.1. The molecule has 3 N–H and O–H groups in total. The molecule has 0 unspecified atom stereocenters. The van der Waals surface area contributed by atoms with Gasteiger partial charge in [-0.05, 0) is 17.7 Å². The maximum Gasteiger partial charge on any atom is 0.321 e. The maximum atomic E-state index is 11.3. The third-order valence-corrected chi connectivity index (χ3v) is 2.13. The molecule has 1 aromatic carbocycles. The molecule has 0 saturated heterocycles. The third-order valence-electron chi connectivity index (χ3n) is 1.99. The second-order valence-corrected chi connectivity index (χ2v) is 4.19. The van der Waals surface area contributed by atoms with E-state index < -0.39 is 0 Å². The summed E-state index contributed by atoms with van der Waals surface area (Å²) in [5.41, 5.74) is 7.23. The van der Waals surface area contributed by atoms with Crippen molar-refractivity contribution in [1.82, 2.24) is 4.90 Å². The van der Waals surface area contributed by atoms with Crippen LogP contribution in [0.15, 0.2) is 24.3 Å². The Hall–Kier alpha value is -1.62. The Bertz CT molecular complexity index is 387. The van der Waals surface area contributed by atoms with Gasteiger partial charge in [0.1, 0.15) is 0 Å². The number of rotatable bonds is 3. The highest BCUT2D eigenvalue weighted by atomic mass is 32.1. The zero-order valence-electron chi connectivity index (χ0n) is 9.36. The number of hydrogen-bond acceptors (Lipinski definition) is 2. The standard InChI is InChI=1S/C11H15N3OS/c1-14(2)11(15)13-9-5-3-8(4-6-9)7-10(12)16/h3-6H,7H2,1-2H3,(H2,12,16)(H,13,15). The summed E-state index contributed by atoms with van der Waals surface area (Å²) in [6, 6.07) is 7.29. The first-order valence-electron chi connectivity index (χ1n) is 4.84. The lowest BCUT2D eigenvalue weighted by molar-refractivity contribution is 0.230. The van der Waals surface area contributed by atoms with E-state index >= 15 is 0 Å². The SMILES string of the molecule is CN(C)C(=O)Nc1ccc(CC(N)=S)cc1. The quantitative estimate of drug-likeness (QED) is 0.785. The molecule has 0 fully saturated rings. The molecular weight excluding hydrogens is 222 g/mol. The largest absolute Gasteiger partial charge is 0.393 e. The van der Waals surface area contributed by atoms with Gasteiger partial charge in [0.15, 0.2) is 0 Å². The number of urea groups is 1. The molecule has 1 aromatic rings. The summed E-state index contributed by atoms with van der Waals surface area (Å²) < 4.78 is 0. The van der Waals surface area contributed by atoms with Gasteiger partial charge in [-0.1, -0.05) is 24.4 Å². The summed E-state index contributed by atoms with van der Waals surface area (Å²) in [4.78, 5) is 13.3. The molecule has 0 atom stereocenters. The van der Waals surface area contributed by atoms with Gasteiger partial charge in [-0.3, -0.25) is 0 Å². The first kappa shape index (κ1) is 12.4. The molecule has 0 aromatic heterocycles. The van der Waals surface area contributed by atoms with Crippen molar-refractivity contribution in [2.24, 2.45) is 5.73 Å². The second-order valence-electron chi connectivity index (χ2n) is 3.66. The van der Waals surface area contributed by atoms with Gasteiger partial charge in [0.2, 0.25) is 0 Å². The summed E-state index contributed by atoms with van der Waals surface area (Å²) in [6.07, 6.45) is 0.581. The van der Waals surface area contributed by atoms with E-state index in [9.17, 15) is 4.79 Å². The number of thiocarbonyl (C=S) groups is 1. The Morgan fingerprint density at radius 2 is 1.94 bits per heavy atom. The molecule has 2 amide bonds. The number of nitrogens with zero attached hydrogens (tertiary/aromatic N) is 1. The smallest absolute Gasteiger partial charge is 0.321 e. The van der Waals surface area contributed by atoms with Gasteiger partial charge in [-0.25, -0.2) is 4.79 Å². The van der Waals surface area contributed by atoms with Gasteiger partial charge in [-0.15, -0.1) is 0 Å². The van der Waals surface area contributed by atoms with E-state index in [0.29, 0.717) is 11.4 Å². The highest BCUT2D eigenvalue weighted by Gasteiger charge is 2.03. The number of nitrogens with one attached hydrogen (secondary N) is 1. The predicted octanol–water partition coefficient (Wildman–Crippen LogP) is 1.61. The van der Waals surface area contributed by atoms with E-state index in [4.69, 9.17) is 18.0 Å². The molecule has 0 heterocycles. The molecule has 1 rings (SSSR count). The fourth-order valence-corrected chi connectivity index (χ4v) is 1.31. The van der Waals surface area contributed by atoms with Gasteiger partial charge >= 0.3 is 6.03 Å². The van der Waals surface area contributed by atoms with Crippen molar-refractivity contribution in [3.63, 3.8) is 0 Å². The monoisotopic (exact) mass is 237 g/mol. The number of anilines is 1. The van der Waals surface area contributed by atoms with Crippen molar-refractivity contribution in [2.75, 3.05) is 19.4 Å². The van der Waals surface area contributed by atoms with Crippen LogP contribution in [0.2, 0.25) is 0 Å². The van der Waals surface area contributed by atoms with Gasteiger partial charge in [-0.2, -0.15) is 0 Å². The van der Waals surface area contributed by atoms with Crippen molar-refractivity contribution < 1.29 is 4.79 Å². The van der Waals surface area contributed by atoms with E-state index in [2.05, 4.69) is 5.32 Å². The molecular formula is C11H15N3OS. The summed E-state index contributed by atoms with van der Waals surface area (Å²) in [7, 11) is 3.38. The van der Waals surface area contributed by atoms with Crippen LogP contribution in [0.1, 0.15) is 5.56 Å².